The third-order valence-electron chi connectivity index (χ3n) is 3.50. The van der Waals surface area contributed by atoms with Gasteiger partial charge in [0.15, 0.2) is 0 Å². The molecule has 1 unspecified atom stereocenters. The van der Waals surface area contributed by atoms with Gasteiger partial charge in [0.25, 0.3) is 0 Å². The molecule has 3 N–H and O–H groups in total. The molecule has 0 aromatic heterocycles. The van der Waals surface area contributed by atoms with E-state index in [4.69, 9.17) is 5.73 Å². The maximum atomic E-state index is 11.9. The Hall–Kier alpha value is -0.610. The number of nitrogens with one attached hydrogen (secondary N) is 1. The van der Waals surface area contributed by atoms with Crippen molar-refractivity contribution in [1.29, 1.82) is 0 Å². The van der Waals surface area contributed by atoms with Crippen molar-refractivity contribution in [3.63, 3.8) is 0 Å². The van der Waals surface area contributed by atoms with Crippen LogP contribution in [0.5, 0.6) is 0 Å². The minimum Gasteiger partial charge on any atom is -0.351 e. The van der Waals surface area contributed by atoms with Crippen LogP contribution in [0, 0.1) is 0 Å². The van der Waals surface area contributed by atoms with Crippen LogP contribution in [-0.4, -0.2) is 42.5 Å². The van der Waals surface area contributed by atoms with E-state index in [0.717, 1.165) is 45.3 Å². The van der Waals surface area contributed by atoms with Crippen LogP contribution >= 0.6 is 0 Å². The number of carbonyl (C=O) groups is 1. The number of amides is 1. The van der Waals surface area contributed by atoms with Crippen LogP contribution in [0.4, 0.5) is 0 Å². The third kappa shape index (κ3) is 5.04. The summed E-state index contributed by atoms with van der Waals surface area (Å²) in [5.41, 5.74) is 5.86. The highest BCUT2D eigenvalue weighted by atomic mass is 16.2. The molecule has 1 aliphatic rings. The zero-order valence-corrected chi connectivity index (χ0v) is 11.2. The molecule has 4 heteroatoms. The Morgan fingerprint density at radius 3 is 2.94 bits per heavy atom. The molecule has 0 saturated carbocycles. The maximum absolute atomic E-state index is 11.9. The molecule has 0 spiro atoms. The van der Waals surface area contributed by atoms with E-state index in [1.807, 2.05) is 0 Å². The number of likely N-dealkylation sites (tertiary alicyclic amines) is 1. The van der Waals surface area contributed by atoms with Crippen molar-refractivity contribution in [3.8, 4) is 0 Å². The van der Waals surface area contributed by atoms with Crippen LogP contribution in [0.15, 0.2) is 0 Å². The Morgan fingerprint density at radius 1 is 1.53 bits per heavy atom. The zero-order valence-electron chi connectivity index (χ0n) is 11.2. The quantitative estimate of drug-likeness (QED) is 0.732. The van der Waals surface area contributed by atoms with E-state index >= 15 is 0 Å². The highest BCUT2D eigenvalue weighted by molar-refractivity contribution is 5.81. The first kappa shape index (κ1) is 14.5. The summed E-state index contributed by atoms with van der Waals surface area (Å²) in [4.78, 5) is 14.2. The normalized spacial score (nSPS) is 23.4. The molecule has 0 aliphatic carbocycles. The van der Waals surface area contributed by atoms with Crippen molar-refractivity contribution in [1.82, 2.24) is 10.2 Å². The molecule has 1 saturated heterocycles. The standard InChI is InChI=1S/C13H27N3O/c1-3-5-8-12(14)13(17)15-11-7-6-9-16(4-2)10-11/h11-12H,3-10,14H2,1-2H3,(H,15,17)/t11?,12-/m0/s1. The third-order valence-corrected chi connectivity index (χ3v) is 3.50. The number of nitrogens with zero attached hydrogens (tertiary/aromatic N) is 1. The van der Waals surface area contributed by atoms with E-state index in [-0.39, 0.29) is 11.9 Å². The van der Waals surface area contributed by atoms with Crippen molar-refractivity contribution in [2.24, 2.45) is 5.73 Å². The van der Waals surface area contributed by atoms with Gasteiger partial charge >= 0.3 is 0 Å². The Balaban J connectivity index is 2.29. The molecule has 17 heavy (non-hydrogen) atoms. The van der Waals surface area contributed by atoms with Gasteiger partial charge in [0.2, 0.25) is 5.91 Å². The predicted octanol–water partition coefficient (Wildman–Crippen LogP) is 1.10. The first-order chi connectivity index (χ1) is 8.17. The summed E-state index contributed by atoms with van der Waals surface area (Å²) < 4.78 is 0. The first-order valence-electron chi connectivity index (χ1n) is 6.95. The van der Waals surface area contributed by atoms with Gasteiger partial charge in [0.05, 0.1) is 6.04 Å². The Labute approximate surface area is 105 Å². The first-order valence-corrected chi connectivity index (χ1v) is 6.95. The van der Waals surface area contributed by atoms with Gasteiger partial charge in [0.1, 0.15) is 0 Å². The average molecular weight is 241 g/mol. The molecule has 1 aliphatic heterocycles. The molecular weight excluding hydrogens is 214 g/mol. The van der Waals surface area contributed by atoms with E-state index in [1.165, 1.54) is 6.42 Å². The minimum atomic E-state index is -0.327. The van der Waals surface area contributed by atoms with Crippen LogP contribution in [0.1, 0.15) is 46.0 Å². The van der Waals surface area contributed by atoms with Crippen molar-refractivity contribution in [2.45, 2.75) is 58.0 Å². The van der Waals surface area contributed by atoms with Crippen molar-refractivity contribution >= 4 is 5.91 Å². The highest BCUT2D eigenvalue weighted by Crippen LogP contribution is 2.10. The fourth-order valence-corrected chi connectivity index (χ4v) is 2.32. The topological polar surface area (TPSA) is 58.4 Å². The molecule has 0 radical (unpaired) electrons. The molecule has 0 aromatic carbocycles. The van der Waals surface area contributed by atoms with Crippen LogP contribution in [0.3, 0.4) is 0 Å². The molecule has 100 valence electrons. The number of hydrogen-bond acceptors (Lipinski definition) is 3. The molecule has 1 fully saturated rings. The summed E-state index contributed by atoms with van der Waals surface area (Å²) in [5, 5.41) is 3.09. The number of hydrogen-bond donors (Lipinski definition) is 2. The smallest absolute Gasteiger partial charge is 0.237 e. The summed E-state index contributed by atoms with van der Waals surface area (Å²) >= 11 is 0. The number of rotatable bonds is 6. The number of carbonyl (C=O) groups excluding carboxylic acids is 1. The molecule has 0 aromatic rings. The summed E-state index contributed by atoms with van der Waals surface area (Å²) in [5.74, 6) is 0.0291. The second-order valence-corrected chi connectivity index (χ2v) is 4.99. The Morgan fingerprint density at radius 2 is 2.29 bits per heavy atom. The van der Waals surface area contributed by atoms with Gasteiger partial charge in [-0.15, -0.1) is 0 Å². The molecular formula is C13H27N3O. The van der Waals surface area contributed by atoms with Crippen molar-refractivity contribution in [2.75, 3.05) is 19.6 Å². The molecule has 2 atom stereocenters. The monoisotopic (exact) mass is 241 g/mol. The lowest BCUT2D eigenvalue weighted by atomic mass is 10.0. The summed E-state index contributed by atoms with van der Waals surface area (Å²) in [7, 11) is 0. The van der Waals surface area contributed by atoms with Gasteiger partial charge in [-0.1, -0.05) is 26.7 Å². The summed E-state index contributed by atoms with van der Waals surface area (Å²) in [6.45, 7) is 7.48. The maximum Gasteiger partial charge on any atom is 0.237 e. The predicted molar refractivity (Wildman–Crippen MR) is 70.8 cm³/mol. The Kier molecular flexibility index (Phi) is 6.52. The second kappa shape index (κ2) is 7.67. The number of likely N-dealkylation sites (N-methyl/N-ethyl adjacent to an activating group) is 1. The van der Waals surface area contributed by atoms with Crippen LogP contribution in [-0.2, 0) is 4.79 Å². The van der Waals surface area contributed by atoms with E-state index in [9.17, 15) is 4.79 Å². The molecule has 0 bridgehead atoms. The summed E-state index contributed by atoms with van der Waals surface area (Å²) in [6.07, 6.45) is 5.17. The van der Waals surface area contributed by atoms with Crippen LogP contribution in [0.25, 0.3) is 0 Å². The molecule has 4 nitrogen and oxygen atoms in total. The van der Waals surface area contributed by atoms with Crippen molar-refractivity contribution in [3.05, 3.63) is 0 Å². The average Bonchev–Trinajstić information content (AvgIpc) is 2.36. The summed E-state index contributed by atoms with van der Waals surface area (Å²) in [6, 6.07) is -0.0316. The highest BCUT2D eigenvalue weighted by Gasteiger charge is 2.22. The molecule has 1 amide bonds. The zero-order chi connectivity index (χ0) is 12.7. The van der Waals surface area contributed by atoms with E-state index < -0.39 is 0 Å². The van der Waals surface area contributed by atoms with E-state index in [2.05, 4.69) is 24.1 Å². The van der Waals surface area contributed by atoms with Gasteiger partial charge in [-0.25, -0.2) is 0 Å². The van der Waals surface area contributed by atoms with Crippen LogP contribution < -0.4 is 11.1 Å². The number of unbranched alkanes of at least 4 members (excludes halogenated alkanes) is 1. The lowest BCUT2D eigenvalue weighted by molar-refractivity contribution is -0.123. The van der Waals surface area contributed by atoms with Crippen molar-refractivity contribution < 1.29 is 4.79 Å². The van der Waals surface area contributed by atoms with Gasteiger partial charge in [-0.05, 0) is 32.4 Å². The number of piperidine rings is 1. The van der Waals surface area contributed by atoms with E-state index in [1.54, 1.807) is 0 Å². The van der Waals surface area contributed by atoms with Gasteiger partial charge in [-0.2, -0.15) is 0 Å². The second-order valence-electron chi connectivity index (χ2n) is 4.99. The fourth-order valence-electron chi connectivity index (χ4n) is 2.32. The lowest BCUT2D eigenvalue weighted by Gasteiger charge is -2.32. The Bertz CT molecular complexity index is 233. The largest absolute Gasteiger partial charge is 0.351 e. The van der Waals surface area contributed by atoms with Gasteiger partial charge < -0.3 is 16.0 Å². The van der Waals surface area contributed by atoms with Gasteiger partial charge in [0, 0.05) is 12.6 Å². The van der Waals surface area contributed by atoms with Crippen LogP contribution in [0.2, 0.25) is 0 Å². The fraction of sp³-hybridized carbons (Fsp3) is 0.923. The number of nitrogens with two attached hydrogens (primary N) is 1. The minimum absolute atomic E-state index is 0.0291. The lowest BCUT2D eigenvalue weighted by Crippen LogP contribution is -2.51. The van der Waals surface area contributed by atoms with E-state index in [0.29, 0.717) is 6.04 Å². The molecule has 1 heterocycles. The SMILES string of the molecule is CCCC[C@H](N)C(=O)NC1CCCN(CC)C1. The molecule has 1 rings (SSSR count). The van der Waals surface area contributed by atoms with Gasteiger partial charge in [-0.3, -0.25) is 4.79 Å².